The van der Waals surface area contributed by atoms with Crippen LogP contribution >= 0.6 is 0 Å². The summed E-state index contributed by atoms with van der Waals surface area (Å²) >= 11 is 0. The van der Waals surface area contributed by atoms with E-state index in [0.29, 0.717) is 16.9 Å². The van der Waals surface area contributed by atoms with Crippen LogP contribution in [-0.4, -0.2) is 31.2 Å². The zero-order chi connectivity index (χ0) is 14.2. The van der Waals surface area contributed by atoms with Gasteiger partial charge in [-0.15, -0.1) is 0 Å². The molecule has 1 aromatic heterocycles. The van der Waals surface area contributed by atoms with Crippen molar-refractivity contribution in [1.82, 2.24) is 4.57 Å². The van der Waals surface area contributed by atoms with Crippen molar-refractivity contribution in [2.45, 2.75) is 26.4 Å². The lowest BCUT2D eigenvalue weighted by Crippen LogP contribution is -2.32. The number of ether oxygens (including phenoxy) is 2. The number of aromatic nitrogens is 1. The molecule has 0 saturated heterocycles. The molecule has 0 amide bonds. The van der Waals surface area contributed by atoms with Crippen molar-refractivity contribution in [3.63, 3.8) is 0 Å². The smallest absolute Gasteiger partial charge is 0.418 e. The predicted octanol–water partition coefficient (Wildman–Crippen LogP) is 2.23. The summed E-state index contributed by atoms with van der Waals surface area (Å²) in [6.07, 6.45) is -0.481. The van der Waals surface area contributed by atoms with E-state index < -0.39 is 11.7 Å². The Morgan fingerprint density at radius 3 is 2.53 bits per heavy atom. The fraction of sp³-hybridized carbons (Fsp3) is 0.357. The van der Waals surface area contributed by atoms with Gasteiger partial charge in [0.15, 0.2) is 0 Å². The molecule has 2 aromatic rings. The molecule has 98 valence electrons. The lowest BCUT2D eigenvalue weighted by molar-refractivity contribution is 0.0549. The molecule has 1 aromatic carbocycles. The summed E-state index contributed by atoms with van der Waals surface area (Å²) in [4.78, 5) is 12.1. The van der Waals surface area contributed by atoms with Crippen LogP contribution < -0.4 is 10.3 Å². The highest BCUT2D eigenvalue weighted by Crippen LogP contribution is 2.21. The van der Waals surface area contributed by atoms with E-state index in [1.807, 2.05) is 26.8 Å². The Balaban J connectivity index is 2.49. The summed E-state index contributed by atoms with van der Waals surface area (Å²) in [6, 6.07) is 7.12. The Morgan fingerprint density at radius 2 is 1.95 bits per heavy atom. The highest BCUT2D eigenvalue weighted by Gasteiger charge is 2.20. The summed E-state index contributed by atoms with van der Waals surface area (Å²) in [5.41, 5.74) is 0.483. The average Bonchev–Trinajstić information content (AvgIpc) is 2.61. The van der Waals surface area contributed by atoms with Gasteiger partial charge in [-0.25, -0.2) is 4.79 Å². The third kappa shape index (κ3) is 2.75. The van der Waals surface area contributed by atoms with Crippen molar-refractivity contribution in [2.75, 3.05) is 7.11 Å². The maximum atomic E-state index is 12.1. The minimum Gasteiger partial charge on any atom is -0.497 e. The Hall–Kier alpha value is -1.91. The monoisotopic (exact) mass is 257 g/mol. The van der Waals surface area contributed by atoms with Gasteiger partial charge in [0.2, 0.25) is 0 Å². The molecule has 0 bridgehead atoms. The van der Waals surface area contributed by atoms with Gasteiger partial charge in [0.05, 0.1) is 12.6 Å². The molecular weight excluding hydrogens is 241 g/mol. The second kappa shape index (κ2) is 4.65. The molecule has 0 saturated carbocycles. The molecule has 0 unspecified atom stereocenters. The fourth-order valence-corrected chi connectivity index (χ4v) is 1.85. The van der Waals surface area contributed by atoms with Crippen molar-refractivity contribution in [2.24, 2.45) is 0 Å². The van der Waals surface area contributed by atoms with Crippen LogP contribution in [-0.2, 0) is 4.74 Å². The van der Waals surface area contributed by atoms with E-state index in [2.05, 4.69) is 0 Å². The van der Waals surface area contributed by atoms with Gasteiger partial charge in [-0.1, -0.05) is 0 Å². The van der Waals surface area contributed by atoms with Crippen molar-refractivity contribution in [3.8, 4) is 5.75 Å². The van der Waals surface area contributed by atoms with E-state index in [0.717, 1.165) is 5.39 Å². The molecule has 4 nitrogen and oxygen atoms in total. The summed E-state index contributed by atoms with van der Waals surface area (Å²) in [5.74, 6) is 0.717. The quantitative estimate of drug-likeness (QED) is 0.735. The van der Waals surface area contributed by atoms with Gasteiger partial charge in [-0.3, -0.25) is 4.57 Å². The summed E-state index contributed by atoms with van der Waals surface area (Å²) < 4.78 is 11.8. The number of carbonyl (C=O) groups is 1. The van der Waals surface area contributed by atoms with Gasteiger partial charge >= 0.3 is 6.09 Å². The SMILES string of the molecule is [B]c1cc2cc(OC)ccc2n1C(=O)OC(C)(C)C. The van der Waals surface area contributed by atoms with Crippen LogP contribution in [0.15, 0.2) is 24.3 Å². The highest BCUT2D eigenvalue weighted by atomic mass is 16.6. The summed E-state index contributed by atoms with van der Waals surface area (Å²) in [7, 11) is 7.48. The largest absolute Gasteiger partial charge is 0.497 e. The lowest BCUT2D eigenvalue weighted by atomic mass is 10.1. The molecule has 2 radical (unpaired) electrons. The number of nitrogens with zero attached hydrogens (tertiary/aromatic N) is 1. The first-order chi connectivity index (χ1) is 8.81. The van der Waals surface area contributed by atoms with Crippen LogP contribution in [0.5, 0.6) is 5.75 Å². The van der Waals surface area contributed by atoms with Gasteiger partial charge in [-0.2, -0.15) is 0 Å². The third-order valence-corrected chi connectivity index (χ3v) is 2.61. The highest BCUT2D eigenvalue weighted by molar-refractivity contribution is 6.34. The van der Waals surface area contributed by atoms with Crippen LogP contribution in [0.4, 0.5) is 4.79 Å². The van der Waals surface area contributed by atoms with Crippen molar-refractivity contribution >= 4 is 30.4 Å². The van der Waals surface area contributed by atoms with Crippen LogP contribution in [0.25, 0.3) is 10.9 Å². The predicted molar refractivity (Wildman–Crippen MR) is 75.5 cm³/mol. The number of fused-ring (bicyclic) bond motifs is 1. The van der Waals surface area contributed by atoms with E-state index in [1.54, 1.807) is 25.3 Å². The third-order valence-electron chi connectivity index (χ3n) is 2.61. The molecular formula is C14H16BNO3. The van der Waals surface area contributed by atoms with Gasteiger partial charge in [0.25, 0.3) is 0 Å². The van der Waals surface area contributed by atoms with Gasteiger partial charge < -0.3 is 9.47 Å². The van der Waals surface area contributed by atoms with Crippen LogP contribution in [0, 0.1) is 0 Å². The number of benzene rings is 1. The van der Waals surface area contributed by atoms with Crippen molar-refractivity contribution in [1.29, 1.82) is 0 Å². The topological polar surface area (TPSA) is 40.5 Å². The number of hydrogen-bond acceptors (Lipinski definition) is 3. The first-order valence-electron chi connectivity index (χ1n) is 6.00. The van der Waals surface area contributed by atoms with E-state index in [4.69, 9.17) is 17.3 Å². The molecule has 19 heavy (non-hydrogen) atoms. The second-order valence-corrected chi connectivity index (χ2v) is 5.31. The molecule has 0 N–H and O–H groups in total. The van der Waals surface area contributed by atoms with Crippen LogP contribution in [0.1, 0.15) is 20.8 Å². The minimum absolute atomic E-state index is 0.345. The van der Waals surface area contributed by atoms with Gasteiger partial charge in [0.1, 0.15) is 19.2 Å². The number of rotatable bonds is 1. The molecule has 1 heterocycles. The average molecular weight is 257 g/mol. The van der Waals surface area contributed by atoms with Crippen LogP contribution in [0.3, 0.4) is 0 Å². The molecule has 0 atom stereocenters. The lowest BCUT2D eigenvalue weighted by Gasteiger charge is -2.20. The fourth-order valence-electron chi connectivity index (χ4n) is 1.85. The number of methoxy groups -OCH3 is 1. The standard InChI is InChI=1S/C14H16BNO3/c1-14(2,3)19-13(17)16-11-6-5-10(18-4)7-9(11)8-12(16)15/h5-8H,1-4H3. The van der Waals surface area contributed by atoms with E-state index in [9.17, 15) is 4.79 Å². The Bertz CT molecular complexity index is 625. The first kappa shape index (κ1) is 13.5. The second-order valence-electron chi connectivity index (χ2n) is 5.31. The molecule has 0 aliphatic carbocycles. The summed E-state index contributed by atoms with van der Waals surface area (Å²) in [5, 5.41) is 0.836. The minimum atomic E-state index is -0.563. The van der Waals surface area contributed by atoms with Crippen molar-refractivity contribution < 1.29 is 14.3 Å². The van der Waals surface area contributed by atoms with Crippen molar-refractivity contribution in [3.05, 3.63) is 24.3 Å². The normalized spacial score (nSPS) is 11.6. The van der Waals surface area contributed by atoms with E-state index in [-0.39, 0.29) is 0 Å². The number of carbonyl (C=O) groups excluding carboxylic acids is 1. The zero-order valence-corrected chi connectivity index (χ0v) is 11.6. The Kier molecular flexibility index (Phi) is 3.31. The van der Waals surface area contributed by atoms with Gasteiger partial charge in [-0.05, 0) is 50.6 Å². The molecule has 0 aliphatic rings. The molecule has 0 aliphatic heterocycles. The van der Waals surface area contributed by atoms with Gasteiger partial charge in [0, 0.05) is 5.39 Å². The first-order valence-corrected chi connectivity index (χ1v) is 6.00. The Labute approximate surface area is 113 Å². The maximum Gasteiger partial charge on any atom is 0.418 e. The van der Waals surface area contributed by atoms with Crippen LogP contribution in [0.2, 0.25) is 0 Å². The maximum absolute atomic E-state index is 12.1. The summed E-state index contributed by atoms with van der Waals surface area (Å²) in [6.45, 7) is 5.45. The van der Waals surface area contributed by atoms with E-state index >= 15 is 0 Å². The Morgan fingerprint density at radius 1 is 1.26 bits per heavy atom. The molecule has 5 heteroatoms. The van der Waals surface area contributed by atoms with E-state index in [1.165, 1.54) is 4.57 Å². The number of hydrogen-bond donors (Lipinski definition) is 0. The molecule has 2 rings (SSSR count). The molecule has 0 fully saturated rings. The molecule has 0 spiro atoms. The zero-order valence-electron chi connectivity index (χ0n) is 11.6.